The van der Waals surface area contributed by atoms with Crippen LogP contribution in [0.4, 0.5) is 11.5 Å². The first kappa shape index (κ1) is 17.9. The number of nitrogens with zero attached hydrogens (tertiary/aromatic N) is 3. The quantitative estimate of drug-likeness (QED) is 0.661. The van der Waals surface area contributed by atoms with E-state index in [1.807, 2.05) is 24.4 Å². The maximum Gasteiger partial charge on any atom is 0.228 e. The van der Waals surface area contributed by atoms with Crippen molar-refractivity contribution in [3.8, 4) is 17.2 Å². The molecule has 0 unspecified atom stereocenters. The van der Waals surface area contributed by atoms with E-state index in [0.29, 0.717) is 17.9 Å². The van der Waals surface area contributed by atoms with Gasteiger partial charge in [0.2, 0.25) is 5.91 Å². The van der Waals surface area contributed by atoms with Gasteiger partial charge in [-0.1, -0.05) is 6.92 Å². The van der Waals surface area contributed by atoms with E-state index in [9.17, 15) is 4.79 Å². The van der Waals surface area contributed by atoms with E-state index < -0.39 is 0 Å². The van der Waals surface area contributed by atoms with Crippen LogP contribution in [0.1, 0.15) is 25.3 Å². The van der Waals surface area contributed by atoms with E-state index in [4.69, 9.17) is 11.0 Å². The average molecular weight is 371 g/mol. The maximum atomic E-state index is 12.3. The number of nitrogen functional groups attached to an aromatic ring is 1. The van der Waals surface area contributed by atoms with Crippen molar-refractivity contribution in [2.45, 2.75) is 26.2 Å². The first-order valence-electron chi connectivity index (χ1n) is 9.41. The molecular weight excluding hydrogens is 350 g/mol. The smallest absolute Gasteiger partial charge is 0.228 e. The van der Waals surface area contributed by atoms with Gasteiger partial charge in [-0.15, -0.1) is 0 Å². The molecule has 2 heterocycles. The number of rotatable bonds is 5. The molecule has 6 heteroatoms. The van der Waals surface area contributed by atoms with Crippen molar-refractivity contribution in [1.82, 2.24) is 9.97 Å². The molecule has 0 saturated heterocycles. The minimum absolute atomic E-state index is 0.0724. The molecule has 2 aromatic heterocycles. The molecule has 1 aliphatic carbocycles. The molecule has 0 radical (unpaired) electrons. The predicted octanol–water partition coefficient (Wildman–Crippen LogP) is 3.93. The molecule has 3 aromatic rings. The molecule has 140 valence electrons. The van der Waals surface area contributed by atoms with Crippen LogP contribution in [0.3, 0.4) is 0 Å². The zero-order chi connectivity index (χ0) is 19.7. The number of carbonyl (C=O) groups excluding carboxylic acids is 1. The van der Waals surface area contributed by atoms with Crippen molar-refractivity contribution >= 4 is 28.2 Å². The summed E-state index contributed by atoms with van der Waals surface area (Å²) < 4.78 is 0. The predicted molar refractivity (Wildman–Crippen MR) is 109 cm³/mol. The lowest BCUT2D eigenvalue weighted by atomic mass is 9.97. The Labute approximate surface area is 163 Å². The Morgan fingerprint density at radius 3 is 3.00 bits per heavy atom. The third-order valence-corrected chi connectivity index (χ3v) is 5.34. The number of anilines is 2. The average Bonchev–Trinajstić information content (AvgIpc) is 3.47. The van der Waals surface area contributed by atoms with E-state index in [0.717, 1.165) is 34.7 Å². The summed E-state index contributed by atoms with van der Waals surface area (Å²) in [5, 5.41) is 13.4. The van der Waals surface area contributed by atoms with Crippen LogP contribution >= 0.6 is 0 Å². The van der Waals surface area contributed by atoms with Crippen molar-refractivity contribution in [2.75, 3.05) is 11.1 Å². The van der Waals surface area contributed by atoms with E-state index >= 15 is 0 Å². The zero-order valence-corrected chi connectivity index (χ0v) is 15.6. The number of nitrogens with one attached hydrogen (secondary N) is 1. The number of nitrogens with two attached hydrogens (primary N) is 1. The van der Waals surface area contributed by atoms with Crippen molar-refractivity contribution in [3.63, 3.8) is 0 Å². The zero-order valence-electron chi connectivity index (χ0n) is 15.6. The largest absolute Gasteiger partial charge is 0.398 e. The number of pyridine rings is 2. The van der Waals surface area contributed by atoms with Crippen LogP contribution in [0.25, 0.3) is 21.9 Å². The van der Waals surface area contributed by atoms with Gasteiger partial charge in [0.05, 0.1) is 6.07 Å². The number of carbonyl (C=O) groups is 1. The molecule has 3 N–H and O–H groups in total. The molecule has 1 saturated carbocycles. The van der Waals surface area contributed by atoms with Gasteiger partial charge in [-0.3, -0.25) is 9.78 Å². The summed E-state index contributed by atoms with van der Waals surface area (Å²) in [6.45, 7) is 2.11. The van der Waals surface area contributed by atoms with E-state index in [1.54, 1.807) is 12.4 Å². The fourth-order valence-electron chi connectivity index (χ4n) is 3.63. The second-order valence-corrected chi connectivity index (χ2v) is 7.20. The summed E-state index contributed by atoms with van der Waals surface area (Å²) in [4.78, 5) is 20.9. The number of amides is 1. The molecule has 1 fully saturated rings. The molecule has 4 rings (SSSR count). The first-order chi connectivity index (χ1) is 13.6. The summed E-state index contributed by atoms with van der Waals surface area (Å²) >= 11 is 0. The van der Waals surface area contributed by atoms with Crippen LogP contribution in [0.5, 0.6) is 0 Å². The summed E-state index contributed by atoms with van der Waals surface area (Å²) in [6.07, 6.45) is 7.43. The number of aromatic nitrogens is 2. The molecule has 28 heavy (non-hydrogen) atoms. The first-order valence-corrected chi connectivity index (χ1v) is 9.41. The van der Waals surface area contributed by atoms with Crippen molar-refractivity contribution in [2.24, 2.45) is 11.8 Å². The Balaban J connectivity index is 1.65. The van der Waals surface area contributed by atoms with Crippen LogP contribution in [0.2, 0.25) is 0 Å². The van der Waals surface area contributed by atoms with Gasteiger partial charge in [0.15, 0.2) is 0 Å². The van der Waals surface area contributed by atoms with Gasteiger partial charge in [0, 0.05) is 47.6 Å². The number of nitriles is 1. The van der Waals surface area contributed by atoms with Crippen molar-refractivity contribution < 1.29 is 4.79 Å². The summed E-state index contributed by atoms with van der Waals surface area (Å²) in [5.41, 5.74) is 10.2. The van der Waals surface area contributed by atoms with Gasteiger partial charge >= 0.3 is 0 Å². The van der Waals surface area contributed by atoms with Gasteiger partial charge in [-0.2, -0.15) is 5.26 Å². The summed E-state index contributed by atoms with van der Waals surface area (Å²) in [5.74, 6) is 0.511. The highest BCUT2D eigenvalue weighted by molar-refractivity contribution is 6.00. The second-order valence-electron chi connectivity index (χ2n) is 7.20. The Morgan fingerprint density at radius 1 is 1.36 bits per heavy atom. The molecule has 6 nitrogen and oxygen atoms in total. The van der Waals surface area contributed by atoms with Gasteiger partial charge in [0.25, 0.3) is 0 Å². The monoisotopic (exact) mass is 371 g/mol. The van der Waals surface area contributed by atoms with Crippen LogP contribution in [-0.4, -0.2) is 15.9 Å². The third kappa shape index (κ3) is 3.39. The van der Waals surface area contributed by atoms with Crippen LogP contribution in [0.15, 0.2) is 42.9 Å². The van der Waals surface area contributed by atoms with Gasteiger partial charge in [-0.05, 0) is 59.5 Å². The minimum Gasteiger partial charge on any atom is -0.398 e. The molecule has 2 atom stereocenters. The standard InChI is InChI=1S/C22H21N5O/c1-2-13-4-6-25-11-18(13)15-7-16-10-21(26-12-19(16)20(24)9-15)27-22(28)17-8-14(17)3-5-23/h4,6-7,9-12,14,17H,2-3,8,24H2,1H3,(H,26,27,28)/t14-,17-/m0/s1. The van der Waals surface area contributed by atoms with Gasteiger partial charge < -0.3 is 11.1 Å². The number of fused-ring (bicyclic) bond motifs is 1. The highest BCUT2D eigenvalue weighted by Gasteiger charge is 2.42. The lowest BCUT2D eigenvalue weighted by Crippen LogP contribution is -2.15. The lowest BCUT2D eigenvalue weighted by molar-refractivity contribution is -0.117. The van der Waals surface area contributed by atoms with Crippen molar-refractivity contribution in [1.29, 1.82) is 5.26 Å². The Morgan fingerprint density at radius 2 is 2.21 bits per heavy atom. The maximum absolute atomic E-state index is 12.3. The number of benzene rings is 1. The Kier molecular flexibility index (Phi) is 4.66. The number of hydrogen-bond donors (Lipinski definition) is 2. The van der Waals surface area contributed by atoms with Crippen LogP contribution in [0, 0.1) is 23.2 Å². The summed E-state index contributed by atoms with van der Waals surface area (Å²) in [6, 6.07) is 9.97. The second kappa shape index (κ2) is 7.28. The number of hydrogen-bond acceptors (Lipinski definition) is 5. The topological polar surface area (TPSA) is 105 Å². The molecule has 0 spiro atoms. The Hall–Kier alpha value is -3.46. The third-order valence-electron chi connectivity index (χ3n) is 5.34. The molecule has 0 bridgehead atoms. The molecule has 1 amide bonds. The van der Waals surface area contributed by atoms with Crippen LogP contribution in [-0.2, 0) is 11.2 Å². The molecule has 0 aliphatic heterocycles. The minimum atomic E-state index is -0.0870. The van der Waals surface area contributed by atoms with E-state index in [-0.39, 0.29) is 17.7 Å². The SMILES string of the molecule is CCc1ccncc1-c1cc(N)c2cnc(NC(=O)[C@H]3C[C@@H]3CC#N)cc2c1. The molecule has 1 aromatic carbocycles. The van der Waals surface area contributed by atoms with E-state index in [2.05, 4.69) is 34.3 Å². The fraction of sp³-hybridized carbons (Fsp3) is 0.273. The van der Waals surface area contributed by atoms with Crippen LogP contribution < -0.4 is 11.1 Å². The number of aryl methyl sites for hydroxylation is 1. The Bertz CT molecular complexity index is 1100. The normalized spacial score (nSPS) is 17.9. The van der Waals surface area contributed by atoms with Gasteiger partial charge in [-0.25, -0.2) is 4.98 Å². The highest BCUT2D eigenvalue weighted by Crippen LogP contribution is 2.41. The lowest BCUT2D eigenvalue weighted by Gasteiger charge is -2.11. The van der Waals surface area contributed by atoms with E-state index in [1.165, 1.54) is 5.56 Å². The van der Waals surface area contributed by atoms with Crippen molar-refractivity contribution in [3.05, 3.63) is 48.4 Å². The van der Waals surface area contributed by atoms with Gasteiger partial charge in [0.1, 0.15) is 5.82 Å². The summed E-state index contributed by atoms with van der Waals surface area (Å²) in [7, 11) is 0. The molecule has 1 aliphatic rings. The molecular formula is C22H21N5O. The fourth-order valence-corrected chi connectivity index (χ4v) is 3.63. The highest BCUT2D eigenvalue weighted by atomic mass is 16.2.